The van der Waals surface area contributed by atoms with Crippen LogP contribution in [0.15, 0.2) is 0 Å². The molecule has 2 rings (SSSR count). The molecule has 0 aromatic heterocycles. The fourth-order valence-electron chi connectivity index (χ4n) is 3.47. The second-order valence-corrected chi connectivity index (χ2v) is 7.71. The van der Waals surface area contributed by atoms with Crippen LogP contribution in [0.3, 0.4) is 0 Å². The zero-order chi connectivity index (χ0) is 13.9. The fraction of sp³-hybridized carbons (Fsp3) is 0.889. The average molecular weight is 261 g/mol. The van der Waals surface area contributed by atoms with Gasteiger partial charge in [0.25, 0.3) is 0 Å². The van der Waals surface area contributed by atoms with Crippen molar-refractivity contribution in [2.75, 3.05) is 6.54 Å². The van der Waals surface area contributed by atoms with Gasteiger partial charge in [-0.15, -0.1) is 11.8 Å². The lowest BCUT2D eigenvalue weighted by Gasteiger charge is -2.41. The quantitative estimate of drug-likeness (QED) is 0.747. The van der Waals surface area contributed by atoms with E-state index in [1.807, 2.05) is 6.92 Å². The van der Waals surface area contributed by atoms with Gasteiger partial charge in [-0.2, -0.15) is 0 Å². The van der Waals surface area contributed by atoms with Gasteiger partial charge in [-0.25, -0.2) is 0 Å². The largest absolute Gasteiger partial charge is 0.314 e. The summed E-state index contributed by atoms with van der Waals surface area (Å²) in [5.74, 6) is 9.00. The predicted octanol–water partition coefficient (Wildman–Crippen LogP) is 4.23. The zero-order valence-electron chi connectivity index (χ0n) is 13.3. The van der Waals surface area contributed by atoms with E-state index in [-0.39, 0.29) is 0 Å². The van der Waals surface area contributed by atoms with E-state index >= 15 is 0 Å². The number of rotatable bonds is 4. The molecule has 2 fully saturated rings. The molecule has 0 heterocycles. The molecule has 108 valence electrons. The van der Waals surface area contributed by atoms with Gasteiger partial charge in [0, 0.05) is 12.5 Å². The van der Waals surface area contributed by atoms with Gasteiger partial charge in [-0.3, -0.25) is 0 Å². The molecule has 0 aromatic carbocycles. The molecule has 1 nitrogen and oxygen atoms in total. The number of hydrogen-bond acceptors (Lipinski definition) is 1. The van der Waals surface area contributed by atoms with Crippen LogP contribution in [-0.2, 0) is 0 Å². The molecule has 0 saturated heterocycles. The molecule has 2 aliphatic rings. The third-order valence-electron chi connectivity index (χ3n) is 5.15. The Morgan fingerprint density at radius 3 is 2.37 bits per heavy atom. The molecule has 1 N–H and O–H groups in total. The van der Waals surface area contributed by atoms with E-state index in [1.54, 1.807) is 0 Å². The molecule has 1 heteroatoms. The van der Waals surface area contributed by atoms with Gasteiger partial charge in [0.2, 0.25) is 0 Å². The minimum atomic E-state index is 0.465. The first-order valence-electron chi connectivity index (χ1n) is 8.13. The van der Waals surface area contributed by atoms with Crippen LogP contribution < -0.4 is 5.32 Å². The Bertz CT molecular complexity index is 337. The first-order valence-corrected chi connectivity index (χ1v) is 8.13. The van der Waals surface area contributed by atoms with Crippen molar-refractivity contribution < 1.29 is 0 Å². The standard InChI is InChI=1S/C18H31N/c1-5-6-7-14-12-16(18(2,3)4)9-8-15(14)13-19-17-10-11-17/h14-17,19H,7-13H2,1-4H3. The minimum absolute atomic E-state index is 0.465. The minimum Gasteiger partial charge on any atom is -0.314 e. The van der Waals surface area contributed by atoms with Crippen molar-refractivity contribution in [3.05, 3.63) is 0 Å². The van der Waals surface area contributed by atoms with Crippen molar-refractivity contribution in [2.45, 2.75) is 72.3 Å². The average Bonchev–Trinajstić information content (AvgIpc) is 3.17. The molecule has 0 amide bonds. The highest BCUT2D eigenvalue weighted by Crippen LogP contribution is 2.43. The van der Waals surface area contributed by atoms with Crippen LogP contribution >= 0.6 is 0 Å². The summed E-state index contributed by atoms with van der Waals surface area (Å²) in [6.07, 6.45) is 8.11. The molecule has 0 radical (unpaired) electrons. The third kappa shape index (κ3) is 4.53. The Labute approximate surface area is 119 Å². The maximum Gasteiger partial charge on any atom is 0.0120 e. The van der Waals surface area contributed by atoms with E-state index < -0.39 is 0 Å². The molecule has 0 spiro atoms. The molecular formula is C18H31N. The van der Waals surface area contributed by atoms with E-state index in [9.17, 15) is 0 Å². The Balaban J connectivity index is 1.91. The molecule has 19 heavy (non-hydrogen) atoms. The molecule has 0 aliphatic heterocycles. The highest BCUT2D eigenvalue weighted by Gasteiger charge is 2.36. The molecule has 3 unspecified atom stereocenters. The smallest absolute Gasteiger partial charge is 0.0120 e. The second kappa shape index (κ2) is 6.31. The highest BCUT2D eigenvalue weighted by molar-refractivity contribution is 5.00. The van der Waals surface area contributed by atoms with Gasteiger partial charge in [0.1, 0.15) is 0 Å². The molecule has 0 aromatic rings. The van der Waals surface area contributed by atoms with Crippen molar-refractivity contribution in [2.24, 2.45) is 23.2 Å². The van der Waals surface area contributed by atoms with Gasteiger partial charge in [0.05, 0.1) is 0 Å². The summed E-state index contributed by atoms with van der Waals surface area (Å²) in [5, 5.41) is 3.74. The number of hydrogen-bond donors (Lipinski definition) is 1. The van der Waals surface area contributed by atoms with Crippen LogP contribution in [0.4, 0.5) is 0 Å². The molecule has 3 atom stereocenters. The van der Waals surface area contributed by atoms with E-state index in [0.717, 1.165) is 30.2 Å². The van der Waals surface area contributed by atoms with Gasteiger partial charge in [-0.05, 0) is 68.7 Å². The Hall–Kier alpha value is -0.480. The Kier molecular flexibility index (Phi) is 4.96. The lowest BCUT2D eigenvalue weighted by atomic mass is 9.65. The van der Waals surface area contributed by atoms with Gasteiger partial charge >= 0.3 is 0 Å². The number of nitrogens with one attached hydrogen (secondary N) is 1. The summed E-state index contributed by atoms with van der Waals surface area (Å²) in [6.45, 7) is 10.4. The van der Waals surface area contributed by atoms with E-state index in [0.29, 0.717) is 5.41 Å². The summed E-state index contributed by atoms with van der Waals surface area (Å²) in [5.41, 5.74) is 0.465. The van der Waals surface area contributed by atoms with Crippen LogP contribution in [-0.4, -0.2) is 12.6 Å². The summed E-state index contributed by atoms with van der Waals surface area (Å²) in [7, 11) is 0. The summed E-state index contributed by atoms with van der Waals surface area (Å²) in [4.78, 5) is 0. The SMILES string of the molecule is CC#CCC1CC(C(C)(C)C)CCC1CNC1CC1. The van der Waals surface area contributed by atoms with E-state index in [4.69, 9.17) is 0 Å². The second-order valence-electron chi connectivity index (χ2n) is 7.71. The van der Waals surface area contributed by atoms with Crippen LogP contribution in [0, 0.1) is 35.0 Å². The molecule has 0 bridgehead atoms. The van der Waals surface area contributed by atoms with Gasteiger partial charge < -0.3 is 5.32 Å². The monoisotopic (exact) mass is 261 g/mol. The Morgan fingerprint density at radius 2 is 1.79 bits per heavy atom. The van der Waals surface area contributed by atoms with Crippen molar-refractivity contribution in [1.82, 2.24) is 5.32 Å². The topological polar surface area (TPSA) is 12.0 Å². The van der Waals surface area contributed by atoms with Crippen molar-refractivity contribution >= 4 is 0 Å². The van der Waals surface area contributed by atoms with E-state index in [1.165, 1.54) is 38.6 Å². The van der Waals surface area contributed by atoms with Gasteiger partial charge in [-0.1, -0.05) is 20.8 Å². The molecule has 2 aliphatic carbocycles. The summed E-state index contributed by atoms with van der Waals surface area (Å²) in [6, 6.07) is 0.846. The fourth-order valence-corrected chi connectivity index (χ4v) is 3.47. The lowest BCUT2D eigenvalue weighted by molar-refractivity contribution is 0.0993. The third-order valence-corrected chi connectivity index (χ3v) is 5.15. The summed E-state index contributed by atoms with van der Waals surface area (Å²) >= 11 is 0. The van der Waals surface area contributed by atoms with Crippen molar-refractivity contribution in [3.8, 4) is 11.8 Å². The van der Waals surface area contributed by atoms with Crippen LogP contribution in [0.25, 0.3) is 0 Å². The highest BCUT2D eigenvalue weighted by atomic mass is 14.9. The maximum atomic E-state index is 3.74. The molecular weight excluding hydrogens is 230 g/mol. The van der Waals surface area contributed by atoms with Crippen LogP contribution in [0.5, 0.6) is 0 Å². The normalized spacial score (nSPS) is 31.7. The van der Waals surface area contributed by atoms with Crippen LogP contribution in [0.2, 0.25) is 0 Å². The Morgan fingerprint density at radius 1 is 1.05 bits per heavy atom. The summed E-state index contributed by atoms with van der Waals surface area (Å²) < 4.78 is 0. The first kappa shape index (κ1) is 14.9. The van der Waals surface area contributed by atoms with E-state index in [2.05, 4.69) is 37.9 Å². The van der Waals surface area contributed by atoms with Crippen molar-refractivity contribution in [3.63, 3.8) is 0 Å². The lowest BCUT2D eigenvalue weighted by Crippen LogP contribution is -2.37. The van der Waals surface area contributed by atoms with Crippen LogP contribution in [0.1, 0.15) is 66.2 Å². The maximum absolute atomic E-state index is 3.74. The zero-order valence-corrected chi connectivity index (χ0v) is 13.3. The molecule has 2 saturated carbocycles. The first-order chi connectivity index (χ1) is 9.00. The van der Waals surface area contributed by atoms with Crippen molar-refractivity contribution in [1.29, 1.82) is 0 Å². The van der Waals surface area contributed by atoms with Gasteiger partial charge in [0.15, 0.2) is 0 Å². The predicted molar refractivity (Wildman–Crippen MR) is 82.9 cm³/mol.